The Hall–Kier alpha value is -1.88. The van der Waals surface area contributed by atoms with Gasteiger partial charge >= 0.3 is 5.97 Å². The zero-order chi connectivity index (χ0) is 13.4. The van der Waals surface area contributed by atoms with Gasteiger partial charge < -0.3 is 9.64 Å². The average Bonchev–Trinajstić information content (AvgIpc) is 2.46. The molecule has 0 radical (unpaired) electrons. The summed E-state index contributed by atoms with van der Waals surface area (Å²) in [4.78, 5) is 22.2. The minimum absolute atomic E-state index is 0.387. The lowest BCUT2D eigenvalue weighted by Gasteiger charge is -2.31. The summed E-state index contributed by atoms with van der Waals surface area (Å²) < 4.78 is 4.70. The fraction of sp³-hybridized carbons (Fsp3) is 0.308. The molecule has 0 spiro atoms. The second kappa shape index (κ2) is 4.66. The van der Waals surface area contributed by atoms with Crippen molar-refractivity contribution in [3.8, 4) is 0 Å². The Labute approximate surface area is 115 Å². The van der Waals surface area contributed by atoms with Gasteiger partial charge in [-0.2, -0.15) is 0 Å². The molecule has 2 heterocycles. The van der Waals surface area contributed by atoms with Crippen molar-refractivity contribution in [1.82, 2.24) is 4.90 Å². The number of amidine groups is 2. The van der Waals surface area contributed by atoms with E-state index in [9.17, 15) is 4.79 Å². The van der Waals surface area contributed by atoms with Crippen LogP contribution in [0.2, 0.25) is 0 Å². The fourth-order valence-corrected chi connectivity index (χ4v) is 2.49. The number of rotatable bonds is 1. The van der Waals surface area contributed by atoms with Crippen molar-refractivity contribution in [3.05, 3.63) is 29.3 Å². The molecule has 0 saturated heterocycles. The highest BCUT2D eigenvalue weighted by Crippen LogP contribution is 2.30. The van der Waals surface area contributed by atoms with Gasteiger partial charge in [-0.1, -0.05) is 0 Å². The van der Waals surface area contributed by atoms with Gasteiger partial charge in [0, 0.05) is 18.7 Å². The summed E-state index contributed by atoms with van der Waals surface area (Å²) >= 11 is 6.16. The van der Waals surface area contributed by atoms with Gasteiger partial charge in [0.15, 0.2) is 0 Å². The molecule has 0 atom stereocenters. The van der Waals surface area contributed by atoms with E-state index in [-0.39, 0.29) is 5.97 Å². The first-order valence-electron chi connectivity index (χ1n) is 5.99. The largest absolute Gasteiger partial charge is 0.465 e. The molecule has 6 heteroatoms. The number of benzene rings is 1. The third-order valence-electron chi connectivity index (χ3n) is 3.15. The number of halogens is 1. The molecule has 0 saturated carbocycles. The summed E-state index contributed by atoms with van der Waals surface area (Å²) in [5.74, 6) is 0.444. The van der Waals surface area contributed by atoms with Crippen LogP contribution in [0.3, 0.4) is 0 Å². The van der Waals surface area contributed by atoms with Crippen molar-refractivity contribution in [1.29, 1.82) is 0 Å². The summed E-state index contributed by atoms with van der Waals surface area (Å²) in [5, 5.41) is 0.396. The van der Waals surface area contributed by atoms with Crippen LogP contribution in [-0.4, -0.2) is 42.2 Å². The van der Waals surface area contributed by atoms with Crippen LogP contribution in [0.1, 0.15) is 22.3 Å². The molecule has 5 nitrogen and oxygen atoms in total. The third-order valence-corrected chi connectivity index (χ3v) is 3.44. The number of fused-ring (bicyclic) bond motifs is 3. The van der Waals surface area contributed by atoms with E-state index in [0.29, 0.717) is 16.5 Å². The number of hydrogen-bond acceptors (Lipinski definition) is 5. The molecule has 2 aliphatic heterocycles. The molecule has 1 aromatic carbocycles. The predicted octanol–water partition coefficient (Wildman–Crippen LogP) is 2.17. The quantitative estimate of drug-likeness (QED) is 0.584. The molecular formula is C13H12ClN3O2. The Bertz CT molecular complexity index is 610. The Balaban J connectivity index is 2.11. The molecule has 0 bridgehead atoms. The second-order valence-electron chi connectivity index (χ2n) is 4.31. The van der Waals surface area contributed by atoms with Gasteiger partial charge in [-0.05, 0) is 36.2 Å². The molecule has 0 amide bonds. The molecular weight excluding hydrogens is 266 g/mol. The first-order chi connectivity index (χ1) is 9.20. The van der Waals surface area contributed by atoms with Crippen molar-refractivity contribution < 1.29 is 9.53 Å². The topological polar surface area (TPSA) is 54.3 Å². The number of methoxy groups -OCH3 is 1. The highest BCUT2D eigenvalue weighted by atomic mass is 35.5. The van der Waals surface area contributed by atoms with Crippen LogP contribution in [0.4, 0.5) is 5.69 Å². The molecule has 2 aliphatic rings. The number of ether oxygens (including phenoxy) is 1. The highest BCUT2D eigenvalue weighted by molar-refractivity contribution is 6.66. The summed E-state index contributed by atoms with van der Waals surface area (Å²) in [7, 11) is 1.35. The number of esters is 1. The first-order valence-corrected chi connectivity index (χ1v) is 6.37. The van der Waals surface area contributed by atoms with Crippen LogP contribution in [0.15, 0.2) is 28.2 Å². The molecule has 3 rings (SSSR count). The number of aliphatic imine (C=N–C) groups is 2. The van der Waals surface area contributed by atoms with E-state index in [1.807, 2.05) is 11.0 Å². The number of nitrogens with zero attached hydrogens (tertiary/aromatic N) is 3. The third kappa shape index (κ3) is 2.00. The van der Waals surface area contributed by atoms with Gasteiger partial charge in [-0.3, -0.25) is 4.99 Å². The van der Waals surface area contributed by atoms with Crippen molar-refractivity contribution in [2.75, 3.05) is 20.2 Å². The smallest absolute Gasteiger partial charge is 0.337 e. The second-order valence-corrected chi connectivity index (χ2v) is 4.65. The zero-order valence-electron chi connectivity index (χ0n) is 10.4. The number of carbonyl (C=O) groups excluding carboxylic acids is 1. The van der Waals surface area contributed by atoms with Gasteiger partial charge in [-0.15, -0.1) is 0 Å². The minimum Gasteiger partial charge on any atom is -0.465 e. The maximum atomic E-state index is 11.5. The summed E-state index contributed by atoms with van der Waals surface area (Å²) in [6.07, 6.45) is 0.963. The average molecular weight is 278 g/mol. The molecule has 0 aliphatic carbocycles. The van der Waals surface area contributed by atoms with Crippen molar-refractivity contribution in [2.24, 2.45) is 9.98 Å². The molecule has 0 unspecified atom stereocenters. The van der Waals surface area contributed by atoms with Gasteiger partial charge in [0.25, 0.3) is 0 Å². The lowest BCUT2D eigenvalue weighted by molar-refractivity contribution is 0.0601. The first kappa shape index (κ1) is 12.2. The Kier molecular flexibility index (Phi) is 2.98. The van der Waals surface area contributed by atoms with E-state index in [0.717, 1.165) is 30.9 Å². The van der Waals surface area contributed by atoms with E-state index in [4.69, 9.17) is 16.3 Å². The maximum Gasteiger partial charge on any atom is 0.337 e. The van der Waals surface area contributed by atoms with Gasteiger partial charge in [0.1, 0.15) is 5.84 Å². The van der Waals surface area contributed by atoms with E-state index in [1.54, 1.807) is 12.1 Å². The van der Waals surface area contributed by atoms with Gasteiger partial charge in [-0.25, -0.2) is 9.79 Å². The van der Waals surface area contributed by atoms with Crippen LogP contribution >= 0.6 is 11.6 Å². The predicted molar refractivity (Wildman–Crippen MR) is 73.5 cm³/mol. The van der Waals surface area contributed by atoms with E-state index in [1.165, 1.54) is 7.11 Å². The molecule has 98 valence electrons. The standard InChI is InChI=1S/C13H12ClN3O2/c1-19-12(18)8-3-4-9-10(7-8)16-13(14)17-6-2-5-15-11(9)17/h3-4,7H,2,5-6H2,1H3. The molecule has 0 aromatic heterocycles. The van der Waals surface area contributed by atoms with E-state index >= 15 is 0 Å². The van der Waals surface area contributed by atoms with E-state index < -0.39 is 0 Å². The lowest BCUT2D eigenvalue weighted by atomic mass is 10.1. The van der Waals surface area contributed by atoms with Crippen LogP contribution in [0, 0.1) is 0 Å². The van der Waals surface area contributed by atoms with Crippen LogP contribution in [-0.2, 0) is 4.74 Å². The fourth-order valence-electron chi connectivity index (χ4n) is 2.23. The van der Waals surface area contributed by atoms with Crippen molar-refractivity contribution in [2.45, 2.75) is 6.42 Å². The lowest BCUT2D eigenvalue weighted by Crippen LogP contribution is -2.40. The Morgan fingerprint density at radius 1 is 1.47 bits per heavy atom. The van der Waals surface area contributed by atoms with Crippen molar-refractivity contribution in [3.63, 3.8) is 0 Å². The summed E-state index contributed by atoms with van der Waals surface area (Å²) in [5.41, 5.74) is 2.01. The molecule has 0 N–H and O–H groups in total. The van der Waals surface area contributed by atoms with E-state index in [2.05, 4.69) is 9.98 Å². The Morgan fingerprint density at radius 2 is 2.32 bits per heavy atom. The van der Waals surface area contributed by atoms with Gasteiger partial charge in [0.05, 0.1) is 18.4 Å². The summed E-state index contributed by atoms with van der Waals surface area (Å²) in [6.45, 7) is 1.60. The molecule has 1 aromatic rings. The van der Waals surface area contributed by atoms with Crippen LogP contribution < -0.4 is 0 Å². The SMILES string of the molecule is COC(=O)c1ccc2c(c1)N=C(Cl)N1CCCN=C21. The number of hydrogen-bond donors (Lipinski definition) is 0. The summed E-state index contributed by atoms with van der Waals surface area (Å²) in [6, 6.07) is 5.23. The maximum absolute atomic E-state index is 11.5. The highest BCUT2D eigenvalue weighted by Gasteiger charge is 2.27. The Morgan fingerprint density at radius 3 is 3.11 bits per heavy atom. The number of carbonyl (C=O) groups is 1. The molecule has 0 fully saturated rings. The monoisotopic (exact) mass is 277 g/mol. The normalized spacial score (nSPS) is 17.1. The zero-order valence-corrected chi connectivity index (χ0v) is 11.1. The van der Waals surface area contributed by atoms with Gasteiger partial charge in [0.2, 0.25) is 5.29 Å². The minimum atomic E-state index is -0.387. The van der Waals surface area contributed by atoms with Crippen LogP contribution in [0.25, 0.3) is 0 Å². The molecule has 19 heavy (non-hydrogen) atoms. The van der Waals surface area contributed by atoms with Crippen molar-refractivity contribution >= 4 is 34.4 Å². The van der Waals surface area contributed by atoms with Crippen LogP contribution in [0.5, 0.6) is 0 Å².